The van der Waals surface area contributed by atoms with E-state index < -0.39 is 0 Å². The van der Waals surface area contributed by atoms with Crippen LogP contribution in [0.25, 0.3) is 6.08 Å². The maximum atomic E-state index is 13.1. The van der Waals surface area contributed by atoms with Crippen molar-refractivity contribution in [2.75, 3.05) is 13.1 Å². The molecule has 5 heteroatoms. The van der Waals surface area contributed by atoms with Crippen molar-refractivity contribution in [1.82, 2.24) is 4.90 Å². The summed E-state index contributed by atoms with van der Waals surface area (Å²) in [6, 6.07) is 9.40. The lowest BCUT2D eigenvalue weighted by atomic mass is 9.99. The number of rotatable bonds is 9. The van der Waals surface area contributed by atoms with E-state index in [1.807, 2.05) is 31.2 Å². The quantitative estimate of drug-likeness (QED) is 0.425. The highest BCUT2D eigenvalue weighted by Gasteiger charge is 2.33. The third kappa shape index (κ3) is 4.96. The molecule has 0 radical (unpaired) electrons. The molecule has 1 N–H and O–H groups in total. The molecule has 0 amide bonds. The minimum Gasteiger partial charge on any atom is -0.507 e. The average molecular weight is 472 g/mol. The predicted octanol–water partition coefficient (Wildman–Crippen LogP) is 6.48. The molecule has 0 aliphatic carbocycles. The fourth-order valence-electron chi connectivity index (χ4n) is 3.72. The molecule has 0 saturated carbocycles. The second-order valence-corrected chi connectivity index (χ2v) is 8.69. The van der Waals surface area contributed by atoms with Crippen molar-refractivity contribution < 1.29 is 14.6 Å². The number of Topliss-reactive ketones (excluding diaryl/α,β-unsaturated/α-hetero) is 1. The Balaban J connectivity index is 1.96. The Morgan fingerprint density at radius 2 is 1.80 bits per heavy atom. The number of carbonyl (C=O) groups is 1. The minimum atomic E-state index is -0.131. The maximum absolute atomic E-state index is 13.1. The van der Waals surface area contributed by atoms with Gasteiger partial charge in [0.25, 0.3) is 0 Å². The first kappa shape index (κ1) is 22.6. The predicted molar refractivity (Wildman–Crippen MR) is 125 cm³/mol. The number of nitrogens with zero attached hydrogens (tertiary/aromatic N) is 1. The number of halogens is 1. The summed E-state index contributed by atoms with van der Waals surface area (Å²) in [6.45, 7) is 8.71. The van der Waals surface area contributed by atoms with Crippen LogP contribution in [0, 0.1) is 6.92 Å². The number of hydrogen-bond donors (Lipinski definition) is 1. The van der Waals surface area contributed by atoms with E-state index in [1.54, 1.807) is 12.1 Å². The summed E-state index contributed by atoms with van der Waals surface area (Å²) in [5, 5.41) is 10.7. The molecule has 0 spiro atoms. The van der Waals surface area contributed by atoms with E-state index in [4.69, 9.17) is 4.74 Å². The number of unbranched alkanes of at least 4 members (excludes halogenated alkanes) is 2. The van der Waals surface area contributed by atoms with Crippen LogP contribution in [0.2, 0.25) is 0 Å². The molecule has 0 atom stereocenters. The molecule has 0 aromatic heterocycles. The second kappa shape index (κ2) is 10.3. The number of phenols is 1. The molecule has 0 saturated heterocycles. The number of aryl methyl sites for hydroxylation is 1. The van der Waals surface area contributed by atoms with E-state index >= 15 is 0 Å². The van der Waals surface area contributed by atoms with Crippen molar-refractivity contribution in [1.29, 1.82) is 0 Å². The van der Waals surface area contributed by atoms with E-state index in [2.05, 4.69) is 34.7 Å². The van der Waals surface area contributed by atoms with Crippen molar-refractivity contribution in [3.8, 4) is 11.5 Å². The molecule has 0 fully saturated rings. The molecule has 0 bridgehead atoms. The maximum Gasteiger partial charge on any atom is 0.232 e. The first-order valence-corrected chi connectivity index (χ1v) is 11.5. The number of phenolic OH excluding ortho intramolecular Hbond substituents is 1. The number of allylic oxidation sites excluding steroid dienone is 1. The van der Waals surface area contributed by atoms with Gasteiger partial charge in [-0.1, -0.05) is 60.8 Å². The molecule has 0 unspecified atom stereocenters. The monoisotopic (exact) mass is 471 g/mol. The van der Waals surface area contributed by atoms with Crippen LogP contribution < -0.4 is 4.74 Å². The number of aromatic hydroxyl groups is 1. The van der Waals surface area contributed by atoms with Crippen LogP contribution in [0.5, 0.6) is 11.5 Å². The van der Waals surface area contributed by atoms with Crippen molar-refractivity contribution in [3.05, 3.63) is 62.8 Å². The number of benzene rings is 2. The average Bonchev–Trinajstić information content (AvgIpc) is 3.05. The Kier molecular flexibility index (Phi) is 7.73. The largest absolute Gasteiger partial charge is 0.507 e. The van der Waals surface area contributed by atoms with Crippen LogP contribution in [0.1, 0.15) is 66.6 Å². The topological polar surface area (TPSA) is 49.8 Å². The fourth-order valence-corrected chi connectivity index (χ4v) is 4.12. The Morgan fingerprint density at radius 3 is 2.43 bits per heavy atom. The normalized spacial score (nSPS) is 14.4. The van der Waals surface area contributed by atoms with Crippen molar-refractivity contribution in [2.45, 2.75) is 53.0 Å². The highest BCUT2D eigenvalue weighted by molar-refractivity contribution is 9.10. The fraction of sp³-hybridized carbons (Fsp3) is 0.400. The van der Waals surface area contributed by atoms with Gasteiger partial charge in [0.2, 0.25) is 5.78 Å². The van der Waals surface area contributed by atoms with Crippen LogP contribution in [-0.4, -0.2) is 28.9 Å². The van der Waals surface area contributed by atoms with Gasteiger partial charge in [0.1, 0.15) is 11.5 Å². The summed E-state index contributed by atoms with van der Waals surface area (Å²) in [7, 11) is 0. The first-order valence-electron chi connectivity index (χ1n) is 10.7. The van der Waals surface area contributed by atoms with Crippen LogP contribution in [-0.2, 0) is 6.54 Å². The Morgan fingerprint density at radius 1 is 1.13 bits per heavy atom. The molecule has 2 aromatic rings. The Labute approximate surface area is 187 Å². The zero-order valence-corrected chi connectivity index (χ0v) is 19.6. The number of ether oxygens (including phenoxy) is 1. The minimum absolute atomic E-state index is 0.131. The third-order valence-electron chi connectivity index (χ3n) is 5.45. The number of ketones is 1. The molecular formula is C25H30BrNO3. The van der Waals surface area contributed by atoms with Gasteiger partial charge in [0, 0.05) is 11.0 Å². The van der Waals surface area contributed by atoms with Gasteiger partial charge in [-0.3, -0.25) is 9.69 Å². The lowest BCUT2D eigenvalue weighted by molar-refractivity contribution is 0.101. The van der Waals surface area contributed by atoms with Crippen molar-refractivity contribution >= 4 is 27.8 Å². The standard InChI is InChI=1S/C25H30BrNO3/c1-4-6-12-27(13-7-5-2)16-19-21(28)14-17(3)23-24(29)22(30-25(19)23)15-18-10-8-9-11-20(18)26/h8-11,14-15,28H,4-7,12-13,16H2,1-3H3/b22-15+. The highest BCUT2D eigenvalue weighted by Crippen LogP contribution is 2.42. The van der Waals surface area contributed by atoms with Crippen LogP contribution in [0.3, 0.4) is 0 Å². The zero-order valence-electron chi connectivity index (χ0n) is 18.0. The summed E-state index contributed by atoms with van der Waals surface area (Å²) in [5.74, 6) is 0.863. The van der Waals surface area contributed by atoms with Gasteiger partial charge in [0.15, 0.2) is 5.76 Å². The summed E-state index contributed by atoms with van der Waals surface area (Å²) in [6.07, 6.45) is 6.21. The summed E-state index contributed by atoms with van der Waals surface area (Å²) in [4.78, 5) is 15.5. The molecule has 1 aliphatic rings. The molecule has 2 aromatic carbocycles. The number of fused-ring (bicyclic) bond motifs is 1. The summed E-state index contributed by atoms with van der Waals surface area (Å²) in [5.41, 5.74) is 2.88. The van der Waals surface area contributed by atoms with Gasteiger partial charge < -0.3 is 9.84 Å². The summed E-state index contributed by atoms with van der Waals surface area (Å²) >= 11 is 3.52. The second-order valence-electron chi connectivity index (χ2n) is 7.84. The van der Waals surface area contributed by atoms with Crippen molar-refractivity contribution in [3.63, 3.8) is 0 Å². The van der Waals surface area contributed by atoms with Crippen LogP contribution >= 0.6 is 15.9 Å². The summed E-state index contributed by atoms with van der Waals surface area (Å²) < 4.78 is 6.98. The van der Waals surface area contributed by atoms with Crippen LogP contribution in [0.15, 0.2) is 40.6 Å². The van der Waals surface area contributed by atoms with Gasteiger partial charge in [-0.15, -0.1) is 0 Å². The lowest BCUT2D eigenvalue weighted by Gasteiger charge is -2.23. The zero-order chi connectivity index (χ0) is 21.7. The molecular weight excluding hydrogens is 442 g/mol. The van der Waals surface area contributed by atoms with E-state index in [-0.39, 0.29) is 11.5 Å². The molecule has 160 valence electrons. The highest BCUT2D eigenvalue weighted by atomic mass is 79.9. The third-order valence-corrected chi connectivity index (χ3v) is 6.17. The van der Waals surface area contributed by atoms with Gasteiger partial charge in [-0.05, 0) is 62.2 Å². The molecule has 1 heterocycles. The first-order chi connectivity index (χ1) is 14.5. The van der Waals surface area contributed by atoms with Gasteiger partial charge in [-0.2, -0.15) is 0 Å². The van der Waals surface area contributed by atoms with E-state index in [0.29, 0.717) is 29.2 Å². The SMILES string of the molecule is CCCCN(CCCC)Cc1c(O)cc(C)c2c1O/C(=C/c1ccccc1Br)C2=O. The molecule has 1 aliphatic heterocycles. The molecule has 3 rings (SSSR count). The van der Waals surface area contributed by atoms with Gasteiger partial charge in [0.05, 0.1) is 11.1 Å². The Hall–Kier alpha value is -2.11. The lowest BCUT2D eigenvalue weighted by Crippen LogP contribution is -2.26. The van der Waals surface area contributed by atoms with Gasteiger partial charge in [-0.25, -0.2) is 0 Å². The number of carbonyl (C=O) groups excluding carboxylic acids is 1. The Bertz CT molecular complexity index is 944. The molecule has 4 nitrogen and oxygen atoms in total. The van der Waals surface area contributed by atoms with Crippen molar-refractivity contribution in [2.24, 2.45) is 0 Å². The van der Waals surface area contributed by atoms with E-state index in [1.165, 1.54) is 0 Å². The smallest absolute Gasteiger partial charge is 0.232 e. The van der Waals surface area contributed by atoms with E-state index in [0.717, 1.165) is 54.4 Å². The number of hydrogen-bond acceptors (Lipinski definition) is 4. The van der Waals surface area contributed by atoms with Gasteiger partial charge >= 0.3 is 0 Å². The van der Waals surface area contributed by atoms with Crippen LogP contribution in [0.4, 0.5) is 0 Å². The molecule has 30 heavy (non-hydrogen) atoms. The van der Waals surface area contributed by atoms with E-state index in [9.17, 15) is 9.90 Å².